The number of benzene rings is 2. The van der Waals surface area contributed by atoms with E-state index in [9.17, 15) is 13.6 Å². The molecular weight excluding hydrogens is 286 g/mol. The Morgan fingerprint density at radius 2 is 1.86 bits per heavy atom. The molecule has 3 nitrogen and oxygen atoms in total. The second kappa shape index (κ2) is 6.13. The molecule has 1 amide bonds. The van der Waals surface area contributed by atoms with Gasteiger partial charge in [0.15, 0.2) is 11.6 Å². The Labute approximate surface area is 127 Å². The van der Waals surface area contributed by atoms with Crippen LogP contribution in [-0.2, 0) is 0 Å². The van der Waals surface area contributed by atoms with E-state index in [4.69, 9.17) is 0 Å². The maximum absolute atomic E-state index is 13.2. The molecular formula is C17H16F2N2O. The van der Waals surface area contributed by atoms with E-state index in [0.29, 0.717) is 13.1 Å². The monoisotopic (exact) mass is 302 g/mol. The zero-order chi connectivity index (χ0) is 15.5. The highest BCUT2D eigenvalue weighted by Gasteiger charge is 2.27. The lowest BCUT2D eigenvalue weighted by Crippen LogP contribution is -2.31. The van der Waals surface area contributed by atoms with E-state index in [1.807, 2.05) is 30.3 Å². The minimum absolute atomic E-state index is 0.164. The molecule has 22 heavy (non-hydrogen) atoms. The molecule has 1 heterocycles. The highest BCUT2D eigenvalue weighted by molar-refractivity contribution is 5.94. The van der Waals surface area contributed by atoms with Crippen LogP contribution in [0.1, 0.15) is 16.8 Å². The van der Waals surface area contributed by atoms with Gasteiger partial charge in [-0.3, -0.25) is 4.79 Å². The van der Waals surface area contributed by atoms with Crippen LogP contribution in [-0.4, -0.2) is 29.9 Å². The molecule has 3 rings (SSSR count). The summed E-state index contributed by atoms with van der Waals surface area (Å²) in [6, 6.07) is 13.2. The molecule has 1 aliphatic rings. The van der Waals surface area contributed by atoms with E-state index in [1.54, 1.807) is 4.90 Å². The lowest BCUT2D eigenvalue weighted by molar-refractivity contribution is 0.0791. The zero-order valence-electron chi connectivity index (χ0n) is 11.9. The van der Waals surface area contributed by atoms with E-state index in [0.717, 1.165) is 24.2 Å². The highest BCUT2D eigenvalue weighted by Crippen LogP contribution is 2.18. The Hall–Kier alpha value is -2.43. The van der Waals surface area contributed by atoms with Crippen molar-refractivity contribution in [2.75, 3.05) is 18.4 Å². The molecule has 5 heteroatoms. The summed E-state index contributed by atoms with van der Waals surface area (Å²) in [4.78, 5) is 14.0. The van der Waals surface area contributed by atoms with Crippen LogP contribution in [0.15, 0.2) is 48.5 Å². The van der Waals surface area contributed by atoms with Gasteiger partial charge in [0.05, 0.1) is 0 Å². The molecule has 1 fully saturated rings. The Morgan fingerprint density at radius 3 is 2.59 bits per heavy atom. The van der Waals surface area contributed by atoms with Crippen molar-refractivity contribution in [3.05, 3.63) is 65.7 Å². The smallest absolute Gasteiger partial charge is 0.254 e. The normalized spacial score (nSPS) is 17.5. The van der Waals surface area contributed by atoms with Gasteiger partial charge in [0.25, 0.3) is 5.91 Å². The molecule has 0 radical (unpaired) electrons. The number of halogens is 2. The van der Waals surface area contributed by atoms with Crippen LogP contribution in [0.2, 0.25) is 0 Å². The maximum Gasteiger partial charge on any atom is 0.254 e. The summed E-state index contributed by atoms with van der Waals surface area (Å²) in [6.45, 7) is 1.15. The SMILES string of the molecule is O=C(c1ccc(F)c(F)c1)N1CCC(Nc2ccccc2)C1. The molecule has 2 aromatic carbocycles. The lowest BCUT2D eigenvalue weighted by Gasteiger charge is -2.18. The minimum atomic E-state index is -0.996. The Morgan fingerprint density at radius 1 is 1.09 bits per heavy atom. The van der Waals surface area contributed by atoms with Crippen LogP contribution in [0.4, 0.5) is 14.5 Å². The van der Waals surface area contributed by atoms with Crippen LogP contribution in [0.5, 0.6) is 0 Å². The number of hydrogen-bond donors (Lipinski definition) is 1. The van der Waals surface area contributed by atoms with Crippen molar-refractivity contribution in [1.82, 2.24) is 4.90 Å². The first-order valence-corrected chi connectivity index (χ1v) is 7.19. The van der Waals surface area contributed by atoms with Gasteiger partial charge in [-0.25, -0.2) is 8.78 Å². The summed E-state index contributed by atoms with van der Waals surface area (Å²) in [5.74, 6) is -2.21. The van der Waals surface area contributed by atoms with Gasteiger partial charge in [0.1, 0.15) is 0 Å². The van der Waals surface area contributed by atoms with Gasteiger partial charge in [-0.05, 0) is 36.8 Å². The van der Waals surface area contributed by atoms with Gasteiger partial charge in [0.2, 0.25) is 0 Å². The van der Waals surface area contributed by atoms with Crippen LogP contribution < -0.4 is 5.32 Å². The fourth-order valence-corrected chi connectivity index (χ4v) is 2.64. The van der Waals surface area contributed by atoms with Crippen molar-refractivity contribution in [2.45, 2.75) is 12.5 Å². The molecule has 0 aliphatic carbocycles. The number of anilines is 1. The van der Waals surface area contributed by atoms with Crippen molar-refractivity contribution in [1.29, 1.82) is 0 Å². The Bertz CT molecular complexity index is 676. The van der Waals surface area contributed by atoms with Gasteiger partial charge in [-0.15, -0.1) is 0 Å². The van der Waals surface area contributed by atoms with E-state index >= 15 is 0 Å². The molecule has 1 saturated heterocycles. The Balaban J connectivity index is 1.64. The standard InChI is InChI=1S/C17H16F2N2O/c18-15-7-6-12(10-16(15)19)17(22)21-9-8-14(11-21)20-13-4-2-1-3-5-13/h1-7,10,14,20H,8-9,11H2. The van der Waals surface area contributed by atoms with Gasteiger partial charge >= 0.3 is 0 Å². The summed E-state index contributed by atoms with van der Waals surface area (Å²) >= 11 is 0. The number of carbonyl (C=O) groups is 1. The molecule has 1 N–H and O–H groups in total. The predicted octanol–water partition coefficient (Wildman–Crippen LogP) is 3.29. The molecule has 114 valence electrons. The first-order chi connectivity index (χ1) is 10.6. The first-order valence-electron chi connectivity index (χ1n) is 7.19. The summed E-state index contributed by atoms with van der Waals surface area (Å²) in [5, 5.41) is 3.37. The number of nitrogens with zero attached hydrogens (tertiary/aromatic N) is 1. The summed E-state index contributed by atoms with van der Waals surface area (Å²) in [6.07, 6.45) is 0.824. The zero-order valence-corrected chi connectivity index (χ0v) is 11.9. The van der Waals surface area contributed by atoms with Gasteiger partial charge in [-0.1, -0.05) is 18.2 Å². The molecule has 1 aliphatic heterocycles. The van der Waals surface area contributed by atoms with Crippen LogP contribution in [0.3, 0.4) is 0 Å². The average Bonchev–Trinajstić information content (AvgIpc) is 2.99. The molecule has 0 aromatic heterocycles. The fraction of sp³-hybridized carbons (Fsp3) is 0.235. The first kappa shape index (κ1) is 14.5. The van der Waals surface area contributed by atoms with Crippen LogP contribution in [0, 0.1) is 11.6 Å². The minimum Gasteiger partial charge on any atom is -0.380 e. The third-order valence-corrected chi connectivity index (χ3v) is 3.79. The average molecular weight is 302 g/mol. The van der Waals surface area contributed by atoms with Crippen molar-refractivity contribution in [3.63, 3.8) is 0 Å². The molecule has 1 unspecified atom stereocenters. The second-order valence-electron chi connectivity index (χ2n) is 5.38. The van der Waals surface area contributed by atoms with E-state index in [2.05, 4.69) is 5.32 Å². The van der Waals surface area contributed by atoms with Crippen molar-refractivity contribution < 1.29 is 13.6 Å². The number of nitrogens with one attached hydrogen (secondary N) is 1. The van der Waals surface area contributed by atoms with Crippen molar-refractivity contribution in [2.24, 2.45) is 0 Å². The number of likely N-dealkylation sites (tertiary alicyclic amines) is 1. The second-order valence-corrected chi connectivity index (χ2v) is 5.38. The molecule has 0 bridgehead atoms. The topological polar surface area (TPSA) is 32.3 Å². The third kappa shape index (κ3) is 3.08. The summed E-state index contributed by atoms with van der Waals surface area (Å²) in [5.41, 5.74) is 1.19. The van der Waals surface area contributed by atoms with E-state index in [1.165, 1.54) is 6.07 Å². The van der Waals surface area contributed by atoms with Gasteiger partial charge in [-0.2, -0.15) is 0 Å². The van der Waals surface area contributed by atoms with Gasteiger partial charge < -0.3 is 10.2 Å². The molecule has 0 spiro atoms. The number of rotatable bonds is 3. The van der Waals surface area contributed by atoms with Crippen molar-refractivity contribution in [3.8, 4) is 0 Å². The van der Waals surface area contributed by atoms with Crippen LogP contribution in [0.25, 0.3) is 0 Å². The number of para-hydroxylation sites is 1. The predicted molar refractivity (Wildman–Crippen MR) is 80.7 cm³/mol. The highest BCUT2D eigenvalue weighted by atomic mass is 19.2. The largest absolute Gasteiger partial charge is 0.380 e. The molecule has 0 saturated carbocycles. The fourth-order valence-electron chi connectivity index (χ4n) is 2.64. The molecule has 1 atom stereocenters. The third-order valence-electron chi connectivity index (χ3n) is 3.79. The number of carbonyl (C=O) groups excluding carboxylic acids is 1. The van der Waals surface area contributed by atoms with E-state index < -0.39 is 11.6 Å². The summed E-state index contributed by atoms with van der Waals surface area (Å²) in [7, 11) is 0. The summed E-state index contributed by atoms with van der Waals surface area (Å²) < 4.78 is 26.2. The Kier molecular flexibility index (Phi) is 4.04. The number of hydrogen-bond acceptors (Lipinski definition) is 2. The molecule has 2 aromatic rings. The quantitative estimate of drug-likeness (QED) is 0.943. The van der Waals surface area contributed by atoms with Crippen molar-refractivity contribution >= 4 is 11.6 Å². The van der Waals surface area contributed by atoms with Crippen LogP contribution >= 0.6 is 0 Å². The van der Waals surface area contributed by atoms with E-state index in [-0.39, 0.29) is 17.5 Å². The lowest BCUT2D eigenvalue weighted by atomic mass is 10.2. The van der Waals surface area contributed by atoms with Gasteiger partial charge in [0, 0.05) is 30.4 Å². The number of amides is 1. The maximum atomic E-state index is 13.2.